The molecule has 0 aromatic rings. The number of hydrogen-bond acceptors (Lipinski definition) is 2. The SMILES string of the molecule is FC1CCNC(C2CC(F)CCN2)C1. The first-order valence-electron chi connectivity index (χ1n) is 5.50. The Morgan fingerprint density at radius 2 is 1.21 bits per heavy atom. The van der Waals surface area contributed by atoms with Crippen LogP contribution in [0.3, 0.4) is 0 Å². The van der Waals surface area contributed by atoms with Gasteiger partial charge in [0.25, 0.3) is 0 Å². The second-order valence-electron chi connectivity index (χ2n) is 4.36. The molecule has 0 spiro atoms. The monoisotopic (exact) mass is 204 g/mol. The second kappa shape index (κ2) is 4.53. The highest BCUT2D eigenvalue weighted by Crippen LogP contribution is 2.21. The molecule has 82 valence electrons. The first-order chi connectivity index (χ1) is 6.75. The summed E-state index contributed by atoms with van der Waals surface area (Å²) >= 11 is 0. The zero-order valence-corrected chi connectivity index (χ0v) is 8.31. The summed E-state index contributed by atoms with van der Waals surface area (Å²) in [6.45, 7) is 1.45. The fourth-order valence-electron chi connectivity index (χ4n) is 2.42. The molecule has 4 heteroatoms. The van der Waals surface area contributed by atoms with Crippen LogP contribution in [0.1, 0.15) is 25.7 Å². The van der Waals surface area contributed by atoms with Gasteiger partial charge in [-0.3, -0.25) is 0 Å². The third kappa shape index (κ3) is 2.42. The van der Waals surface area contributed by atoms with Gasteiger partial charge in [-0.15, -0.1) is 0 Å². The Hall–Kier alpha value is -0.220. The van der Waals surface area contributed by atoms with Gasteiger partial charge in [-0.2, -0.15) is 0 Å². The van der Waals surface area contributed by atoms with Gasteiger partial charge in [0.2, 0.25) is 0 Å². The van der Waals surface area contributed by atoms with Crippen molar-refractivity contribution in [1.82, 2.24) is 10.6 Å². The molecular weight excluding hydrogens is 186 g/mol. The van der Waals surface area contributed by atoms with Gasteiger partial charge in [0.1, 0.15) is 12.3 Å². The summed E-state index contributed by atoms with van der Waals surface area (Å²) in [6.07, 6.45) is 0.852. The van der Waals surface area contributed by atoms with Crippen LogP contribution < -0.4 is 10.6 Å². The van der Waals surface area contributed by atoms with E-state index >= 15 is 0 Å². The van der Waals surface area contributed by atoms with E-state index in [4.69, 9.17) is 0 Å². The van der Waals surface area contributed by atoms with Gasteiger partial charge in [-0.1, -0.05) is 0 Å². The second-order valence-corrected chi connectivity index (χ2v) is 4.36. The lowest BCUT2D eigenvalue weighted by atomic mass is 9.90. The summed E-state index contributed by atoms with van der Waals surface area (Å²) in [7, 11) is 0. The molecule has 2 rings (SSSR count). The molecule has 0 bridgehead atoms. The molecule has 0 saturated carbocycles. The quantitative estimate of drug-likeness (QED) is 0.670. The Kier molecular flexibility index (Phi) is 3.34. The lowest BCUT2D eigenvalue weighted by Gasteiger charge is -2.36. The highest BCUT2D eigenvalue weighted by Gasteiger charge is 2.31. The minimum absolute atomic E-state index is 0.122. The van der Waals surface area contributed by atoms with Crippen LogP contribution in [0.25, 0.3) is 0 Å². The zero-order valence-electron chi connectivity index (χ0n) is 8.31. The number of halogens is 2. The van der Waals surface area contributed by atoms with Crippen LogP contribution in [-0.2, 0) is 0 Å². The summed E-state index contributed by atoms with van der Waals surface area (Å²) in [6, 6.07) is 0.245. The molecule has 2 aliphatic heterocycles. The Morgan fingerprint density at radius 3 is 1.57 bits per heavy atom. The Balaban J connectivity index is 1.86. The average Bonchev–Trinajstić information content (AvgIpc) is 2.18. The number of piperidine rings is 2. The first-order valence-corrected chi connectivity index (χ1v) is 5.50. The highest BCUT2D eigenvalue weighted by molar-refractivity contribution is 4.91. The first kappa shape index (κ1) is 10.3. The molecule has 0 aromatic heterocycles. The van der Waals surface area contributed by atoms with Gasteiger partial charge < -0.3 is 10.6 Å². The fraction of sp³-hybridized carbons (Fsp3) is 1.00. The lowest BCUT2D eigenvalue weighted by molar-refractivity contribution is 0.150. The molecule has 2 fully saturated rings. The van der Waals surface area contributed by atoms with Gasteiger partial charge in [0.05, 0.1) is 0 Å². The van der Waals surface area contributed by atoms with Gasteiger partial charge in [-0.25, -0.2) is 8.78 Å². The van der Waals surface area contributed by atoms with Crippen LogP contribution in [-0.4, -0.2) is 37.5 Å². The maximum absolute atomic E-state index is 13.1. The van der Waals surface area contributed by atoms with Crippen LogP contribution in [0.15, 0.2) is 0 Å². The van der Waals surface area contributed by atoms with Gasteiger partial charge in [0.15, 0.2) is 0 Å². The largest absolute Gasteiger partial charge is 0.312 e. The van der Waals surface area contributed by atoms with Crippen LogP contribution in [0.4, 0.5) is 8.78 Å². The van der Waals surface area contributed by atoms with E-state index in [0.29, 0.717) is 25.7 Å². The Morgan fingerprint density at radius 1 is 0.786 bits per heavy atom. The molecule has 2 nitrogen and oxygen atoms in total. The zero-order chi connectivity index (χ0) is 9.97. The summed E-state index contributed by atoms with van der Waals surface area (Å²) in [5, 5.41) is 6.54. The maximum atomic E-state index is 13.1. The number of hydrogen-bond donors (Lipinski definition) is 2. The number of rotatable bonds is 1. The number of nitrogens with one attached hydrogen (secondary N) is 2. The summed E-state index contributed by atoms with van der Waals surface area (Å²) in [5.74, 6) is 0. The van der Waals surface area contributed by atoms with Crippen molar-refractivity contribution >= 4 is 0 Å². The molecule has 2 aliphatic rings. The molecular formula is C10H18F2N2. The molecule has 4 atom stereocenters. The lowest BCUT2D eigenvalue weighted by Crippen LogP contribution is -2.55. The van der Waals surface area contributed by atoms with Crippen molar-refractivity contribution in [2.24, 2.45) is 0 Å². The number of alkyl halides is 2. The predicted molar refractivity (Wildman–Crippen MR) is 51.8 cm³/mol. The molecule has 2 heterocycles. The maximum Gasteiger partial charge on any atom is 0.103 e. The van der Waals surface area contributed by atoms with Gasteiger partial charge in [0, 0.05) is 12.1 Å². The van der Waals surface area contributed by atoms with E-state index in [2.05, 4.69) is 10.6 Å². The molecule has 0 aliphatic carbocycles. The summed E-state index contributed by atoms with van der Waals surface area (Å²) in [5.41, 5.74) is 0. The van der Waals surface area contributed by atoms with E-state index in [9.17, 15) is 8.78 Å². The third-order valence-corrected chi connectivity index (χ3v) is 3.23. The summed E-state index contributed by atoms with van der Waals surface area (Å²) < 4.78 is 26.2. The molecule has 0 amide bonds. The van der Waals surface area contributed by atoms with Crippen molar-refractivity contribution in [3.63, 3.8) is 0 Å². The van der Waals surface area contributed by atoms with E-state index in [-0.39, 0.29) is 12.1 Å². The average molecular weight is 204 g/mol. The third-order valence-electron chi connectivity index (χ3n) is 3.23. The predicted octanol–water partition coefficient (Wildman–Crippen LogP) is 1.17. The minimum atomic E-state index is -0.706. The fourth-order valence-corrected chi connectivity index (χ4v) is 2.42. The molecule has 0 aromatic carbocycles. The standard InChI is InChI=1S/C10H18F2N2/c11-7-1-3-13-9(5-7)10-6-8(12)2-4-14-10/h7-10,13-14H,1-6H2. The molecule has 2 saturated heterocycles. The van der Waals surface area contributed by atoms with Crippen molar-refractivity contribution in [2.75, 3.05) is 13.1 Å². The van der Waals surface area contributed by atoms with Crippen molar-refractivity contribution < 1.29 is 8.78 Å². The molecule has 14 heavy (non-hydrogen) atoms. The summed E-state index contributed by atoms with van der Waals surface area (Å²) in [4.78, 5) is 0. The Bertz CT molecular complexity index is 169. The van der Waals surface area contributed by atoms with E-state index in [1.807, 2.05) is 0 Å². The van der Waals surface area contributed by atoms with Gasteiger partial charge in [-0.05, 0) is 38.8 Å². The van der Waals surface area contributed by atoms with E-state index in [0.717, 1.165) is 13.1 Å². The van der Waals surface area contributed by atoms with Crippen LogP contribution in [0, 0.1) is 0 Å². The van der Waals surface area contributed by atoms with Crippen molar-refractivity contribution in [2.45, 2.75) is 50.1 Å². The molecule has 0 radical (unpaired) electrons. The smallest absolute Gasteiger partial charge is 0.103 e. The Labute approximate surface area is 83.4 Å². The molecule has 4 unspecified atom stereocenters. The topological polar surface area (TPSA) is 24.1 Å². The van der Waals surface area contributed by atoms with Crippen molar-refractivity contribution in [1.29, 1.82) is 0 Å². The van der Waals surface area contributed by atoms with Crippen molar-refractivity contribution in [3.8, 4) is 0 Å². The van der Waals surface area contributed by atoms with E-state index < -0.39 is 12.3 Å². The van der Waals surface area contributed by atoms with Crippen LogP contribution in [0.5, 0.6) is 0 Å². The van der Waals surface area contributed by atoms with Crippen LogP contribution in [0.2, 0.25) is 0 Å². The van der Waals surface area contributed by atoms with E-state index in [1.54, 1.807) is 0 Å². The minimum Gasteiger partial charge on any atom is -0.312 e. The van der Waals surface area contributed by atoms with Crippen molar-refractivity contribution in [3.05, 3.63) is 0 Å². The van der Waals surface area contributed by atoms with Gasteiger partial charge >= 0.3 is 0 Å². The molecule has 2 N–H and O–H groups in total. The van der Waals surface area contributed by atoms with E-state index in [1.165, 1.54) is 0 Å². The highest BCUT2D eigenvalue weighted by atomic mass is 19.1. The normalized spacial score (nSPS) is 45.0. The van der Waals surface area contributed by atoms with Crippen LogP contribution >= 0.6 is 0 Å².